The van der Waals surface area contributed by atoms with Gasteiger partial charge in [0.1, 0.15) is 5.75 Å². The van der Waals surface area contributed by atoms with Crippen molar-refractivity contribution in [3.63, 3.8) is 0 Å². The summed E-state index contributed by atoms with van der Waals surface area (Å²) in [7, 11) is 1.66. The van der Waals surface area contributed by atoms with Gasteiger partial charge in [-0.05, 0) is 42.8 Å². The second-order valence-corrected chi connectivity index (χ2v) is 4.65. The van der Waals surface area contributed by atoms with Crippen molar-refractivity contribution in [3.8, 4) is 5.75 Å². The number of carbonyl (C=O) groups is 1. The van der Waals surface area contributed by atoms with E-state index in [1.54, 1.807) is 7.11 Å². The average Bonchev–Trinajstić information content (AvgIpc) is 2.53. The van der Waals surface area contributed by atoms with E-state index in [9.17, 15) is 4.79 Å². The van der Waals surface area contributed by atoms with Gasteiger partial charge in [-0.15, -0.1) is 0 Å². The number of hydrogen-bond acceptors (Lipinski definition) is 3. The molecule has 2 aromatic rings. The van der Waals surface area contributed by atoms with E-state index in [1.165, 1.54) is 0 Å². The molecule has 2 rings (SSSR count). The van der Waals surface area contributed by atoms with Crippen LogP contribution in [-0.4, -0.2) is 19.6 Å². The molecule has 0 aliphatic carbocycles. The van der Waals surface area contributed by atoms with Crippen molar-refractivity contribution in [3.05, 3.63) is 59.7 Å². The number of ether oxygens (including phenoxy) is 1. The number of methoxy groups -OCH3 is 1. The predicted molar refractivity (Wildman–Crippen MR) is 84.8 cm³/mol. The summed E-state index contributed by atoms with van der Waals surface area (Å²) in [5.41, 5.74) is 2.70. The van der Waals surface area contributed by atoms with Crippen molar-refractivity contribution < 1.29 is 9.53 Å². The summed E-state index contributed by atoms with van der Waals surface area (Å²) in [5, 5.41) is 6.11. The van der Waals surface area contributed by atoms with Gasteiger partial charge in [-0.25, -0.2) is 0 Å². The Morgan fingerprint density at radius 1 is 1.14 bits per heavy atom. The van der Waals surface area contributed by atoms with Crippen molar-refractivity contribution >= 4 is 11.6 Å². The minimum absolute atomic E-state index is 0.0532. The number of amides is 1. The first-order valence-corrected chi connectivity index (χ1v) is 6.98. The monoisotopic (exact) mass is 284 g/mol. The second kappa shape index (κ2) is 7.33. The highest BCUT2D eigenvalue weighted by atomic mass is 16.5. The van der Waals surface area contributed by atoms with Crippen LogP contribution in [0.15, 0.2) is 48.5 Å². The standard InChI is InChI=1S/C17H20N2O2/c1-3-18-17(20)14-7-5-8-15(11-14)19-12-13-6-4-9-16(10-13)21-2/h4-11,19H,3,12H2,1-2H3,(H,18,20). The van der Waals surface area contributed by atoms with E-state index < -0.39 is 0 Å². The zero-order chi connectivity index (χ0) is 15.1. The van der Waals surface area contributed by atoms with Crippen molar-refractivity contribution in [2.75, 3.05) is 19.0 Å². The van der Waals surface area contributed by atoms with E-state index in [4.69, 9.17) is 4.74 Å². The molecule has 110 valence electrons. The molecule has 0 saturated heterocycles. The van der Waals surface area contributed by atoms with Crippen LogP contribution >= 0.6 is 0 Å². The fraction of sp³-hybridized carbons (Fsp3) is 0.235. The van der Waals surface area contributed by atoms with Crippen molar-refractivity contribution in [2.24, 2.45) is 0 Å². The molecule has 0 aromatic heterocycles. The molecule has 1 amide bonds. The Hall–Kier alpha value is -2.49. The number of rotatable bonds is 6. The third-order valence-electron chi connectivity index (χ3n) is 3.09. The summed E-state index contributed by atoms with van der Waals surface area (Å²) in [4.78, 5) is 11.8. The molecular formula is C17H20N2O2. The number of benzene rings is 2. The highest BCUT2D eigenvalue weighted by Crippen LogP contribution is 2.15. The van der Waals surface area contributed by atoms with E-state index in [0.29, 0.717) is 18.7 Å². The number of carbonyl (C=O) groups excluding carboxylic acids is 1. The minimum atomic E-state index is -0.0532. The fourth-order valence-electron chi connectivity index (χ4n) is 2.02. The van der Waals surface area contributed by atoms with E-state index >= 15 is 0 Å². The van der Waals surface area contributed by atoms with Crippen LogP contribution in [0.5, 0.6) is 5.75 Å². The van der Waals surface area contributed by atoms with E-state index in [2.05, 4.69) is 10.6 Å². The first-order chi connectivity index (χ1) is 10.2. The Morgan fingerprint density at radius 3 is 2.71 bits per heavy atom. The van der Waals surface area contributed by atoms with E-state index in [0.717, 1.165) is 17.0 Å². The lowest BCUT2D eigenvalue weighted by molar-refractivity contribution is 0.0956. The molecular weight excluding hydrogens is 264 g/mol. The lowest BCUT2D eigenvalue weighted by atomic mass is 10.1. The highest BCUT2D eigenvalue weighted by Gasteiger charge is 2.04. The molecule has 0 radical (unpaired) electrons. The van der Waals surface area contributed by atoms with Gasteiger partial charge in [0.15, 0.2) is 0 Å². The van der Waals surface area contributed by atoms with Gasteiger partial charge in [-0.2, -0.15) is 0 Å². The van der Waals surface area contributed by atoms with Gasteiger partial charge < -0.3 is 15.4 Å². The molecule has 2 aromatic carbocycles. The Balaban J connectivity index is 2.02. The maximum Gasteiger partial charge on any atom is 0.251 e. The zero-order valence-corrected chi connectivity index (χ0v) is 12.3. The lowest BCUT2D eigenvalue weighted by Crippen LogP contribution is -2.22. The first kappa shape index (κ1) is 14.9. The van der Waals surface area contributed by atoms with Crippen LogP contribution in [0.4, 0.5) is 5.69 Å². The summed E-state index contributed by atoms with van der Waals surface area (Å²) in [6.45, 7) is 3.21. The largest absolute Gasteiger partial charge is 0.497 e. The Labute approximate surface area is 125 Å². The van der Waals surface area contributed by atoms with Crippen LogP contribution in [0.3, 0.4) is 0 Å². The van der Waals surface area contributed by atoms with Crippen molar-refractivity contribution in [1.29, 1.82) is 0 Å². The van der Waals surface area contributed by atoms with Gasteiger partial charge >= 0.3 is 0 Å². The van der Waals surface area contributed by atoms with E-state index in [1.807, 2.05) is 55.5 Å². The predicted octanol–water partition coefficient (Wildman–Crippen LogP) is 3.06. The number of hydrogen-bond donors (Lipinski definition) is 2. The molecule has 0 aliphatic rings. The summed E-state index contributed by atoms with van der Waals surface area (Å²) in [5.74, 6) is 0.785. The second-order valence-electron chi connectivity index (χ2n) is 4.65. The van der Waals surface area contributed by atoms with Crippen LogP contribution in [-0.2, 0) is 6.54 Å². The number of nitrogens with one attached hydrogen (secondary N) is 2. The smallest absolute Gasteiger partial charge is 0.251 e. The summed E-state index contributed by atoms with van der Waals surface area (Å²) < 4.78 is 5.20. The van der Waals surface area contributed by atoms with Gasteiger partial charge in [0, 0.05) is 24.3 Å². The maximum absolute atomic E-state index is 11.8. The Bertz CT molecular complexity index is 611. The highest BCUT2D eigenvalue weighted by molar-refractivity contribution is 5.95. The minimum Gasteiger partial charge on any atom is -0.497 e. The normalized spacial score (nSPS) is 10.0. The molecule has 0 saturated carbocycles. The first-order valence-electron chi connectivity index (χ1n) is 6.98. The average molecular weight is 284 g/mol. The molecule has 0 unspecified atom stereocenters. The van der Waals surface area contributed by atoms with Crippen LogP contribution < -0.4 is 15.4 Å². The summed E-state index contributed by atoms with van der Waals surface area (Å²) in [6, 6.07) is 15.4. The van der Waals surface area contributed by atoms with E-state index in [-0.39, 0.29) is 5.91 Å². The van der Waals surface area contributed by atoms with Gasteiger partial charge in [0.25, 0.3) is 5.91 Å². The molecule has 4 heteroatoms. The lowest BCUT2D eigenvalue weighted by Gasteiger charge is -2.09. The molecule has 4 nitrogen and oxygen atoms in total. The summed E-state index contributed by atoms with van der Waals surface area (Å²) in [6.07, 6.45) is 0. The van der Waals surface area contributed by atoms with Crippen LogP contribution in [0.25, 0.3) is 0 Å². The molecule has 0 fully saturated rings. The zero-order valence-electron chi connectivity index (χ0n) is 12.3. The van der Waals surface area contributed by atoms with Crippen molar-refractivity contribution in [1.82, 2.24) is 5.32 Å². The topological polar surface area (TPSA) is 50.4 Å². The van der Waals surface area contributed by atoms with Crippen LogP contribution in [0.1, 0.15) is 22.8 Å². The van der Waals surface area contributed by atoms with Gasteiger partial charge in [-0.3, -0.25) is 4.79 Å². The van der Waals surface area contributed by atoms with Crippen LogP contribution in [0, 0.1) is 0 Å². The molecule has 0 bridgehead atoms. The maximum atomic E-state index is 11.8. The Morgan fingerprint density at radius 2 is 1.95 bits per heavy atom. The van der Waals surface area contributed by atoms with Gasteiger partial charge in [-0.1, -0.05) is 18.2 Å². The third-order valence-corrected chi connectivity index (χ3v) is 3.09. The van der Waals surface area contributed by atoms with Crippen molar-refractivity contribution in [2.45, 2.75) is 13.5 Å². The SMILES string of the molecule is CCNC(=O)c1cccc(NCc2cccc(OC)c2)c1. The molecule has 0 atom stereocenters. The quantitative estimate of drug-likeness (QED) is 0.857. The van der Waals surface area contributed by atoms with Gasteiger partial charge in [0.05, 0.1) is 7.11 Å². The molecule has 2 N–H and O–H groups in total. The molecule has 0 aliphatic heterocycles. The molecule has 0 spiro atoms. The Kier molecular flexibility index (Phi) is 5.21. The van der Waals surface area contributed by atoms with Crippen LogP contribution in [0.2, 0.25) is 0 Å². The molecule has 0 heterocycles. The van der Waals surface area contributed by atoms with Gasteiger partial charge in [0.2, 0.25) is 0 Å². The molecule has 21 heavy (non-hydrogen) atoms. The summed E-state index contributed by atoms with van der Waals surface area (Å²) >= 11 is 0. The third kappa shape index (κ3) is 4.24. The number of anilines is 1. The fourth-order valence-corrected chi connectivity index (χ4v) is 2.02.